The van der Waals surface area contributed by atoms with E-state index in [-0.39, 0.29) is 18.0 Å². The van der Waals surface area contributed by atoms with Crippen molar-refractivity contribution >= 4 is 5.97 Å². The molecule has 3 nitrogen and oxygen atoms in total. The molecule has 0 amide bonds. The molecule has 0 N–H and O–H groups in total. The summed E-state index contributed by atoms with van der Waals surface area (Å²) in [7, 11) is 0. The molecule has 0 aromatic rings. The number of ether oxygens (including phenoxy) is 1. The number of esters is 1. The van der Waals surface area contributed by atoms with Crippen molar-refractivity contribution in [3.05, 3.63) is 0 Å². The van der Waals surface area contributed by atoms with E-state index in [1.807, 2.05) is 20.8 Å². The number of hydrogen-bond acceptors (Lipinski definition) is 3. The molecule has 1 atom stereocenters. The summed E-state index contributed by atoms with van der Waals surface area (Å²) in [6.07, 6.45) is 0.126. The first-order valence-corrected chi connectivity index (χ1v) is 5.86. The van der Waals surface area contributed by atoms with Gasteiger partial charge in [-0.15, -0.1) is 0 Å². The Balaban J connectivity index is 2.25. The highest BCUT2D eigenvalue weighted by Crippen LogP contribution is 2.18. The minimum atomic E-state index is -0.0431. The van der Waals surface area contributed by atoms with Gasteiger partial charge in [-0.25, -0.2) is 0 Å². The first-order valence-electron chi connectivity index (χ1n) is 5.86. The van der Waals surface area contributed by atoms with Gasteiger partial charge in [-0.2, -0.15) is 0 Å². The quantitative estimate of drug-likeness (QED) is 0.668. The minimum Gasteiger partial charge on any atom is -0.459 e. The van der Waals surface area contributed by atoms with E-state index >= 15 is 0 Å². The Kier molecular flexibility index (Phi) is 4.14. The molecular weight excluding hydrogens is 190 g/mol. The van der Waals surface area contributed by atoms with Crippen LogP contribution in [0.3, 0.4) is 0 Å². The monoisotopic (exact) mass is 213 g/mol. The maximum atomic E-state index is 11.6. The molecule has 1 rings (SSSR count). The summed E-state index contributed by atoms with van der Waals surface area (Å²) >= 11 is 0. The van der Waals surface area contributed by atoms with Gasteiger partial charge in [0.2, 0.25) is 0 Å². The van der Waals surface area contributed by atoms with Crippen LogP contribution < -0.4 is 0 Å². The van der Waals surface area contributed by atoms with Gasteiger partial charge < -0.3 is 4.74 Å². The maximum absolute atomic E-state index is 11.6. The summed E-state index contributed by atoms with van der Waals surface area (Å²) in [5, 5.41) is 0. The SMILES string of the molecule is CC(C)[C@H](C)C(=O)OC1CN(C(C)C)C1. The van der Waals surface area contributed by atoms with Crippen LogP contribution in [0, 0.1) is 11.8 Å². The van der Waals surface area contributed by atoms with E-state index in [2.05, 4.69) is 18.7 Å². The van der Waals surface area contributed by atoms with Crippen LogP contribution in [0.25, 0.3) is 0 Å². The van der Waals surface area contributed by atoms with Crippen LogP contribution in [0.15, 0.2) is 0 Å². The molecule has 0 saturated carbocycles. The van der Waals surface area contributed by atoms with Crippen molar-refractivity contribution in [1.29, 1.82) is 0 Å². The molecule has 0 aromatic heterocycles. The highest BCUT2D eigenvalue weighted by atomic mass is 16.5. The number of carbonyl (C=O) groups excluding carboxylic acids is 1. The topological polar surface area (TPSA) is 29.5 Å². The van der Waals surface area contributed by atoms with E-state index in [0.29, 0.717) is 12.0 Å². The molecule has 3 heteroatoms. The molecule has 1 aliphatic rings. The lowest BCUT2D eigenvalue weighted by atomic mass is 9.98. The van der Waals surface area contributed by atoms with Crippen molar-refractivity contribution in [3.8, 4) is 0 Å². The number of carbonyl (C=O) groups is 1. The normalized spacial score (nSPS) is 20.5. The molecule has 0 spiro atoms. The molecule has 0 radical (unpaired) electrons. The maximum Gasteiger partial charge on any atom is 0.309 e. The molecule has 1 fully saturated rings. The van der Waals surface area contributed by atoms with Gasteiger partial charge in [0.1, 0.15) is 6.10 Å². The molecule has 15 heavy (non-hydrogen) atoms. The fraction of sp³-hybridized carbons (Fsp3) is 0.917. The molecule has 1 heterocycles. The minimum absolute atomic E-state index is 0.0121. The van der Waals surface area contributed by atoms with E-state index in [4.69, 9.17) is 4.74 Å². The third-order valence-corrected chi connectivity index (χ3v) is 3.26. The van der Waals surface area contributed by atoms with Crippen LogP contribution in [-0.2, 0) is 9.53 Å². The zero-order valence-corrected chi connectivity index (χ0v) is 10.5. The van der Waals surface area contributed by atoms with Crippen molar-refractivity contribution in [3.63, 3.8) is 0 Å². The largest absolute Gasteiger partial charge is 0.459 e. The van der Waals surface area contributed by atoms with E-state index in [1.54, 1.807) is 0 Å². The summed E-state index contributed by atoms with van der Waals surface area (Å²) in [6, 6.07) is 0.558. The fourth-order valence-corrected chi connectivity index (χ4v) is 1.51. The van der Waals surface area contributed by atoms with E-state index < -0.39 is 0 Å². The Labute approximate surface area is 92.8 Å². The van der Waals surface area contributed by atoms with E-state index in [0.717, 1.165) is 13.1 Å². The van der Waals surface area contributed by atoms with Crippen molar-refractivity contribution < 1.29 is 9.53 Å². The molecule has 0 aromatic carbocycles. The first-order chi connectivity index (χ1) is 6.91. The Morgan fingerprint density at radius 3 is 2.13 bits per heavy atom. The van der Waals surface area contributed by atoms with Crippen LogP contribution >= 0.6 is 0 Å². The first kappa shape index (κ1) is 12.5. The smallest absolute Gasteiger partial charge is 0.309 e. The fourth-order valence-electron chi connectivity index (χ4n) is 1.51. The van der Waals surface area contributed by atoms with Gasteiger partial charge in [0, 0.05) is 19.1 Å². The molecule has 0 unspecified atom stereocenters. The van der Waals surface area contributed by atoms with Gasteiger partial charge in [-0.3, -0.25) is 9.69 Å². The lowest BCUT2D eigenvalue weighted by Crippen LogP contribution is -2.55. The second kappa shape index (κ2) is 4.97. The van der Waals surface area contributed by atoms with Gasteiger partial charge in [-0.05, 0) is 19.8 Å². The predicted molar refractivity (Wildman–Crippen MR) is 60.6 cm³/mol. The number of rotatable bonds is 4. The van der Waals surface area contributed by atoms with Crippen molar-refractivity contribution in [2.24, 2.45) is 11.8 Å². The van der Waals surface area contributed by atoms with Crippen LogP contribution in [0.4, 0.5) is 0 Å². The average molecular weight is 213 g/mol. The highest BCUT2D eigenvalue weighted by molar-refractivity contribution is 5.72. The summed E-state index contributed by atoms with van der Waals surface area (Å²) in [4.78, 5) is 13.9. The summed E-state index contributed by atoms with van der Waals surface area (Å²) in [5.41, 5.74) is 0. The molecule has 0 aliphatic carbocycles. The van der Waals surface area contributed by atoms with E-state index in [1.165, 1.54) is 0 Å². The molecule has 0 bridgehead atoms. The summed E-state index contributed by atoms with van der Waals surface area (Å²) in [5.74, 6) is 0.329. The molecule has 1 saturated heterocycles. The highest BCUT2D eigenvalue weighted by Gasteiger charge is 2.32. The number of hydrogen-bond donors (Lipinski definition) is 0. The second-order valence-electron chi connectivity index (χ2n) is 5.14. The van der Waals surface area contributed by atoms with Gasteiger partial charge in [0.15, 0.2) is 0 Å². The third-order valence-electron chi connectivity index (χ3n) is 3.26. The predicted octanol–water partition coefficient (Wildman–Crippen LogP) is 1.91. The zero-order valence-electron chi connectivity index (χ0n) is 10.5. The van der Waals surface area contributed by atoms with Crippen molar-refractivity contribution in [2.75, 3.05) is 13.1 Å². The average Bonchev–Trinajstić information content (AvgIpc) is 2.07. The number of nitrogens with zero attached hydrogens (tertiary/aromatic N) is 1. The zero-order chi connectivity index (χ0) is 11.6. The van der Waals surface area contributed by atoms with Gasteiger partial charge in [0.25, 0.3) is 0 Å². The summed E-state index contributed by atoms with van der Waals surface area (Å²) in [6.45, 7) is 12.2. The molecule has 1 aliphatic heterocycles. The standard InChI is InChI=1S/C12H23NO2/c1-8(2)10(5)12(14)15-11-6-13(7-11)9(3)4/h8-11H,6-7H2,1-5H3/t10-/m0/s1. The van der Waals surface area contributed by atoms with Crippen molar-refractivity contribution in [2.45, 2.75) is 46.8 Å². The van der Waals surface area contributed by atoms with Crippen molar-refractivity contribution in [1.82, 2.24) is 4.90 Å². The van der Waals surface area contributed by atoms with Gasteiger partial charge in [-0.1, -0.05) is 20.8 Å². The van der Waals surface area contributed by atoms with Gasteiger partial charge in [0.05, 0.1) is 5.92 Å². The van der Waals surface area contributed by atoms with Crippen LogP contribution in [0.5, 0.6) is 0 Å². The Hall–Kier alpha value is -0.570. The lowest BCUT2D eigenvalue weighted by molar-refractivity contribution is -0.164. The molecular formula is C12H23NO2. The summed E-state index contributed by atoms with van der Waals surface area (Å²) < 4.78 is 5.41. The van der Waals surface area contributed by atoms with Crippen LogP contribution in [0.1, 0.15) is 34.6 Å². The lowest BCUT2D eigenvalue weighted by Gasteiger charge is -2.41. The van der Waals surface area contributed by atoms with Crippen LogP contribution in [0.2, 0.25) is 0 Å². The van der Waals surface area contributed by atoms with Gasteiger partial charge >= 0.3 is 5.97 Å². The Morgan fingerprint density at radius 1 is 1.20 bits per heavy atom. The Bertz CT molecular complexity index is 220. The van der Waals surface area contributed by atoms with E-state index in [9.17, 15) is 4.79 Å². The number of likely N-dealkylation sites (tertiary alicyclic amines) is 1. The Morgan fingerprint density at radius 2 is 1.73 bits per heavy atom. The third kappa shape index (κ3) is 3.20. The molecule has 88 valence electrons. The van der Waals surface area contributed by atoms with Crippen LogP contribution in [-0.4, -0.2) is 36.1 Å². The second-order valence-corrected chi connectivity index (χ2v) is 5.14.